The molecule has 0 spiro atoms. The lowest BCUT2D eigenvalue weighted by Gasteiger charge is -2.08. The first kappa shape index (κ1) is 14.1. The van der Waals surface area contributed by atoms with Crippen LogP contribution in [0.2, 0.25) is 0 Å². The van der Waals surface area contributed by atoms with Crippen molar-refractivity contribution in [3.63, 3.8) is 0 Å². The highest BCUT2D eigenvalue weighted by atomic mass is 16.5. The van der Waals surface area contributed by atoms with Crippen LogP contribution in [0.1, 0.15) is 5.56 Å². The minimum Gasteiger partial charge on any atom is -0.497 e. The van der Waals surface area contributed by atoms with Gasteiger partial charge in [0.05, 0.1) is 25.4 Å². The monoisotopic (exact) mass is 292 g/mol. The summed E-state index contributed by atoms with van der Waals surface area (Å²) in [5.41, 5.74) is 1.67. The number of hydrogen-bond acceptors (Lipinski definition) is 3. The highest BCUT2D eigenvalue weighted by Crippen LogP contribution is 2.21. The quantitative estimate of drug-likeness (QED) is 0.801. The maximum absolute atomic E-state index is 12.2. The molecular weight excluding hydrogens is 276 g/mol. The fourth-order valence-electron chi connectivity index (χ4n) is 2.34. The lowest BCUT2D eigenvalue weighted by atomic mass is 10.1. The minimum atomic E-state index is -0.0664. The summed E-state index contributed by atoms with van der Waals surface area (Å²) in [6.07, 6.45) is 3.77. The Kier molecular flexibility index (Phi) is 4.01. The third kappa shape index (κ3) is 3.06. The molecule has 0 unspecified atom stereocenters. The fraction of sp³-hybridized carbons (Fsp3) is 0.111. The van der Waals surface area contributed by atoms with Gasteiger partial charge in [0, 0.05) is 17.0 Å². The number of nitrogens with one attached hydrogen (secondary N) is 1. The van der Waals surface area contributed by atoms with Gasteiger partial charge in [0.25, 0.3) is 0 Å². The van der Waals surface area contributed by atoms with Gasteiger partial charge in [-0.1, -0.05) is 36.4 Å². The molecule has 2 aromatic carbocycles. The topological polar surface area (TPSA) is 51.2 Å². The van der Waals surface area contributed by atoms with Crippen LogP contribution in [-0.4, -0.2) is 18.0 Å². The van der Waals surface area contributed by atoms with Crippen LogP contribution >= 0.6 is 0 Å². The van der Waals surface area contributed by atoms with E-state index in [1.807, 2.05) is 48.5 Å². The molecular formula is C18H16N2O2. The summed E-state index contributed by atoms with van der Waals surface area (Å²) in [7, 11) is 1.62. The van der Waals surface area contributed by atoms with Gasteiger partial charge >= 0.3 is 0 Å². The predicted octanol–water partition coefficient (Wildman–Crippen LogP) is 3.42. The van der Waals surface area contributed by atoms with Crippen LogP contribution in [0.4, 0.5) is 5.69 Å². The first-order valence-corrected chi connectivity index (χ1v) is 7.02. The van der Waals surface area contributed by atoms with Crippen LogP contribution < -0.4 is 10.1 Å². The number of carbonyl (C=O) groups excluding carboxylic acids is 1. The van der Waals surface area contributed by atoms with E-state index < -0.39 is 0 Å². The second kappa shape index (κ2) is 6.26. The zero-order valence-electron chi connectivity index (χ0n) is 12.2. The molecule has 0 aliphatic carbocycles. The molecule has 0 fully saturated rings. The molecule has 1 N–H and O–H groups in total. The van der Waals surface area contributed by atoms with Crippen LogP contribution in [0.5, 0.6) is 5.75 Å². The van der Waals surface area contributed by atoms with Gasteiger partial charge in [-0.15, -0.1) is 0 Å². The number of anilines is 1. The number of nitrogens with zero attached hydrogens (tertiary/aromatic N) is 1. The maximum Gasteiger partial charge on any atom is 0.228 e. The van der Waals surface area contributed by atoms with E-state index in [4.69, 9.17) is 4.74 Å². The van der Waals surface area contributed by atoms with Gasteiger partial charge in [0.15, 0.2) is 0 Å². The van der Waals surface area contributed by atoms with E-state index in [9.17, 15) is 4.79 Å². The molecule has 0 saturated heterocycles. The summed E-state index contributed by atoms with van der Waals surface area (Å²) in [5.74, 6) is 0.714. The number of fused-ring (bicyclic) bond motifs is 1. The van der Waals surface area contributed by atoms with E-state index in [1.165, 1.54) is 0 Å². The number of pyridine rings is 1. The average Bonchev–Trinajstić information content (AvgIpc) is 2.56. The first-order chi connectivity index (χ1) is 10.8. The molecule has 3 aromatic rings. The van der Waals surface area contributed by atoms with E-state index in [0.717, 1.165) is 27.8 Å². The third-order valence-corrected chi connectivity index (χ3v) is 3.47. The number of aromatic nitrogens is 1. The van der Waals surface area contributed by atoms with Crippen molar-refractivity contribution in [3.05, 3.63) is 66.5 Å². The third-order valence-electron chi connectivity index (χ3n) is 3.47. The summed E-state index contributed by atoms with van der Waals surface area (Å²) >= 11 is 0. The van der Waals surface area contributed by atoms with Crippen molar-refractivity contribution in [2.45, 2.75) is 6.42 Å². The Hall–Kier alpha value is -2.88. The smallest absolute Gasteiger partial charge is 0.228 e. The van der Waals surface area contributed by atoms with E-state index in [0.29, 0.717) is 6.42 Å². The molecule has 0 atom stereocenters. The Balaban J connectivity index is 1.75. The van der Waals surface area contributed by atoms with E-state index >= 15 is 0 Å². The molecule has 22 heavy (non-hydrogen) atoms. The van der Waals surface area contributed by atoms with Crippen LogP contribution in [-0.2, 0) is 11.2 Å². The summed E-state index contributed by atoms with van der Waals surface area (Å²) in [6.45, 7) is 0. The second-order valence-corrected chi connectivity index (χ2v) is 4.98. The van der Waals surface area contributed by atoms with Crippen LogP contribution in [0.25, 0.3) is 10.8 Å². The molecule has 4 nitrogen and oxygen atoms in total. The first-order valence-electron chi connectivity index (χ1n) is 7.02. The van der Waals surface area contributed by atoms with Crippen LogP contribution in [0.15, 0.2) is 60.9 Å². The maximum atomic E-state index is 12.2. The van der Waals surface area contributed by atoms with Crippen molar-refractivity contribution in [1.29, 1.82) is 0 Å². The number of ether oxygens (including phenoxy) is 1. The predicted molar refractivity (Wildman–Crippen MR) is 87.1 cm³/mol. The van der Waals surface area contributed by atoms with Gasteiger partial charge in [0.2, 0.25) is 5.91 Å². The number of rotatable bonds is 4. The Morgan fingerprint density at radius 2 is 1.86 bits per heavy atom. The summed E-state index contributed by atoms with van der Waals surface area (Å²) < 4.78 is 5.11. The molecule has 0 aliphatic heterocycles. The van der Waals surface area contributed by atoms with Gasteiger partial charge in [-0.05, 0) is 17.7 Å². The largest absolute Gasteiger partial charge is 0.497 e. The molecule has 0 saturated carbocycles. The molecule has 1 aromatic heterocycles. The molecule has 1 amide bonds. The van der Waals surface area contributed by atoms with E-state index in [2.05, 4.69) is 10.3 Å². The summed E-state index contributed by atoms with van der Waals surface area (Å²) in [5, 5.41) is 4.92. The van der Waals surface area contributed by atoms with Crippen molar-refractivity contribution in [3.8, 4) is 5.75 Å². The Bertz CT molecular complexity index is 792. The Labute approximate surface area is 128 Å². The summed E-state index contributed by atoms with van der Waals surface area (Å²) in [4.78, 5) is 16.4. The Morgan fingerprint density at radius 3 is 2.64 bits per heavy atom. The second-order valence-electron chi connectivity index (χ2n) is 4.98. The van der Waals surface area contributed by atoms with Crippen LogP contribution in [0, 0.1) is 0 Å². The number of benzene rings is 2. The highest BCUT2D eigenvalue weighted by Gasteiger charge is 2.07. The van der Waals surface area contributed by atoms with Gasteiger partial charge in [-0.25, -0.2) is 0 Å². The number of carbonyl (C=O) groups is 1. The molecule has 0 radical (unpaired) electrons. The fourth-order valence-corrected chi connectivity index (χ4v) is 2.34. The van der Waals surface area contributed by atoms with Crippen LogP contribution in [0.3, 0.4) is 0 Å². The number of methoxy groups -OCH3 is 1. The van der Waals surface area contributed by atoms with Crippen molar-refractivity contribution in [2.24, 2.45) is 0 Å². The van der Waals surface area contributed by atoms with Gasteiger partial charge in [-0.2, -0.15) is 0 Å². The minimum absolute atomic E-state index is 0.0664. The molecule has 0 aliphatic rings. The van der Waals surface area contributed by atoms with Crippen molar-refractivity contribution in [1.82, 2.24) is 4.98 Å². The zero-order valence-corrected chi connectivity index (χ0v) is 12.2. The van der Waals surface area contributed by atoms with E-state index in [1.54, 1.807) is 19.5 Å². The highest BCUT2D eigenvalue weighted by molar-refractivity contribution is 6.02. The molecule has 3 rings (SSSR count). The Morgan fingerprint density at radius 1 is 1.09 bits per heavy atom. The van der Waals surface area contributed by atoms with Gasteiger partial charge in [-0.3, -0.25) is 9.78 Å². The number of amides is 1. The lowest BCUT2D eigenvalue weighted by Crippen LogP contribution is -2.14. The van der Waals surface area contributed by atoms with Gasteiger partial charge < -0.3 is 10.1 Å². The molecule has 4 heteroatoms. The van der Waals surface area contributed by atoms with Gasteiger partial charge in [0.1, 0.15) is 5.75 Å². The normalized spacial score (nSPS) is 10.4. The molecule has 1 heterocycles. The SMILES string of the molecule is COc1ccc(CC(=O)Nc2cncc3ccccc23)cc1. The standard InChI is InChI=1S/C18H16N2O2/c1-22-15-8-6-13(7-9-15)10-18(21)20-17-12-19-11-14-4-2-3-5-16(14)17/h2-9,11-12H,10H2,1H3,(H,20,21). The lowest BCUT2D eigenvalue weighted by molar-refractivity contribution is -0.115. The van der Waals surface area contributed by atoms with Crippen molar-refractivity contribution < 1.29 is 9.53 Å². The zero-order chi connectivity index (χ0) is 15.4. The summed E-state index contributed by atoms with van der Waals surface area (Å²) in [6, 6.07) is 15.3. The molecule has 110 valence electrons. The average molecular weight is 292 g/mol. The van der Waals surface area contributed by atoms with Crippen molar-refractivity contribution in [2.75, 3.05) is 12.4 Å². The molecule has 0 bridgehead atoms. The van der Waals surface area contributed by atoms with E-state index in [-0.39, 0.29) is 5.91 Å². The number of hydrogen-bond donors (Lipinski definition) is 1. The van der Waals surface area contributed by atoms with Crippen molar-refractivity contribution >= 4 is 22.4 Å².